The highest BCUT2D eigenvalue weighted by Gasteiger charge is 2.23. The van der Waals surface area contributed by atoms with Gasteiger partial charge in [-0.3, -0.25) is 0 Å². The van der Waals surface area contributed by atoms with Crippen LogP contribution in [0.25, 0.3) is 0 Å². The summed E-state index contributed by atoms with van der Waals surface area (Å²) in [5, 5.41) is 3.82. The number of aryl methyl sites for hydroxylation is 2. The molecule has 5 rings (SSSR count). The first-order valence-corrected chi connectivity index (χ1v) is 14.0. The van der Waals surface area contributed by atoms with Gasteiger partial charge >= 0.3 is 0 Å². The molecule has 39 heavy (non-hydrogen) atoms. The fraction of sp³-hybridized carbons (Fsp3) is 0.314. The van der Waals surface area contributed by atoms with Crippen molar-refractivity contribution < 1.29 is 14.2 Å². The molecular formula is C35H39NO3. The van der Waals surface area contributed by atoms with Gasteiger partial charge in [0.2, 0.25) is 0 Å². The number of rotatable bonds is 11. The van der Waals surface area contributed by atoms with Gasteiger partial charge in [0.25, 0.3) is 0 Å². The Hall–Kier alpha value is -3.92. The van der Waals surface area contributed by atoms with Crippen molar-refractivity contribution >= 4 is 5.69 Å². The van der Waals surface area contributed by atoms with Crippen LogP contribution in [0.5, 0.6) is 17.2 Å². The molecule has 0 fully saturated rings. The van der Waals surface area contributed by atoms with Gasteiger partial charge in [-0.05, 0) is 103 Å². The van der Waals surface area contributed by atoms with Gasteiger partial charge in [-0.2, -0.15) is 0 Å². The first-order valence-electron chi connectivity index (χ1n) is 14.0. The first-order chi connectivity index (χ1) is 19.1. The zero-order valence-electron chi connectivity index (χ0n) is 23.3. The molecule has 0 heterocycles. The summed E-state index contributed by atoms with van der Waals surface area (Å²) >= 11 is 0. The summed E-state index contributed by atoms with van der Waals surface area (Å²) in [5.74, 6) is 3.22. The van der Waals surface area contributed by atoms with E-state index in [1.54, 1.807) is 14.2 Å². The molecule has 0 radical (unpaired) electrons. The van der Waals surface area contributed by atoms with Crippen LogP contribution in [-0.4, -0.2) is 20.3 Å². The Balaban J connectivity index is 1.19. The zero-order valence-corrected chi connectivity index (χ0v) is 23.3. The van der Waals surface area contributed by atoms with Crippen LogP contribution in [0.15, 0.2) is 91.0 Å². The molecule has 2 unspecified atom stereocenters. The fourth-order valence-electron chi connectivity index (χ4n) is 5.48. The van der Waals surface area contributed by atoms with Crippen molar-refractivity contribution in [2.24, 2.45) is 0 Å². The van der Waals surface area contributed by atoms with E-state index < -0.39 is 0 Å². The molecule has 0 aliphatic heterocycles. The van der Waals surface area contributed by atoms with Crippen molar-refractivity contribution in [3.8, 4) is 17.2 Å². The van der Waals surface area contributed by atoms with Crippen LogP contribution in [0.2, 0.25) is 0 Å². The molecule has 4 nitrogen and oxygen atoms in total. The molecule has 4 aromatic carbocycles. The Labute approximate surface area is 233 Å². The van der Waals surface area contributed by atoms with Gasteiger partial charge in [0.1, 0.15) is 23.9 Å². The molecule has 1 aliphatic carbocycles. The Morgan fingerprint density at radius 1 is 0.769 bits per heavy atom. The SMILES string of the molecule is COc1ccc2c(c1)CCC(c1ccc(OC)cc1NC(C)CCc1ccc(OCc3ccccc3)cc1)C2. The highest BCUT2D eigenvalue weighted by atomic mass is 16.5. The van der Waals surface area contributed by atoms with Crippen LogP contribution in [-0.2, 0) is 25.9 Å². The van der Waals surface area contributed by atoms with Crippen LogP contribution < -0.4 is 19.5 Å². The van der Waals surface area contributed by atoms with Gasteiger partial charge < -0.3 is 19.5 Å². The smallest absolute Gasteiger partial charge is 0.120 e. The van der Waals surface area contributed by atoms with Crippen molar-refractivity contribution in [3.05, 3.63) is 119 Å². The second kappa shape index (κ2) is 12.8. The van der Waals surface area contributed by atoms with Gasteiger partial charge in [0, 0.05) is 17.8 Å². The minimum atomic E-state index is 0.324. The summed E-state index contributed by atoms with van der Waals surface area (Å²) in [6.07, 6.45) is 5.30. The van der Waals surface area contributed by atoms with E-state index in [-0.39, 0.29) is 0 Å². The molecule has 4 heteroatoms. The van der Waals surface area contributed by atoms with Crippen LogP contribution in [0.4, 0.5) is 5.69 Å². The number of benzene rings is 4. The number of hydrogen-bond acceptors (Lipinski definition) is 4. The minimum absolute atomic E-state index is 0.324. The standard InChI is InChI=1S/C35H39NO3/c1-25(9-10-26-11-16-31(17-12-26)39-24-27-7-5-4-6-8-27)36-35-23-33(38-3)19-20-34(35)30-14-13-29-22-32(37-2)18-15-28(29)21-30/h4-8,11-12,15-20,22-23,25,30,36H,9-10,13-14,21,24H2,1-3H3. The summed E-state index contributed by atoms with van der Waals surface area (Å²) < 4.78 is 17.0. The number of anilines is 1. The van der Waals surface area contributed by atoms with Crippen LogP contribution in [0, 0.1) is 0 Å². The molecule has 0 saturated heterocycles. The lowest BCUT2D eigenvalue weighted by Gasteiger charge is -2.28. The summed E-state index contributed by atoms with van der Waals surface area (Å²) in [6.45, 7) is 2.85. The second-order valence-corrected chi connectivity index (χ2v) is 10.5. The molecule has 0 bridgehead atoms. The summed E-state index contributed by atoms with van der Waals surface area (Å²) in [5.41, 5.74) is 7.91. The average molecular weight is 522 g/mol. The van der Waals surface area contributed by atoms with Crippen molar-refractivity contribution in [1.29, 1.82) is 0 Å². The lowest BCUT2D eigenvalue weighted by molar-refractivity contribution is 0.306. The Morgan fingerprint density at radius 3 is 2.26 bits per heavy atom. The number of fused-ring (bicyclic) bond motifs is 1. The molecule has 0 spiro atoms. The van der Waals surface area contributed by atoms with Crippen molar-refractivity contribution in [1.82, 2.24) is 0 Å². The maximum absolute atomic E-state index is 5.95. The third-order valence-electron chi connectivity index (χ3n) is 7.78. The summed E-state index contributed by atoms with van der Waals surface area (Å²) in [7, 11) is 3.47. The first kappa shape index (κ1) is 26.7. The zero-order chi connectivity index (χ0) is 27.0. The largest absolute Gasteiger partial charge is 0.497 e. The number of ether oxygens (including phenoxy) is 3. The quantitative estimate of drug-likeness (QED) is 0.217. The predicted molar refractivity (Wildman–Crippen MR) is 159 cm³/mol. The molecule has 1 aliphatic rings. The maximum atomic E-state index is 5.95. The number of hydrogen-bond donors (Lipinski definition) is 1. The van der Waals surface area contributed by atoms with Gasteiger partial charge in [-0.1, -0.05) is 54.6 Å². The van der Waals surface area contributed by atoms with Crippen LogP contribution in [0.1, 0.15) is 53.5 Å². The van der Waals surface area contributed by atoms with E-state index >= 15 is 0 Å². The Kier molecular flexibility index (Phi) is 8.72. The van der Waals surface area contributed by atoms with Crippen LogP contribution in [0.3, 0.4) is 0 Å². The molecular weight excluding hydrogens is 482 g/mol. The van der Waals surface area contributed by atoms with E-state index in [1.165, 1.54) is 33.5 Å². The molecule has 2 atom stereocenters. The normalized spacial score (nSPS) is 15.2. The van der Waals surface area contributed by atoms with Gasteiger partial charge in [0.05, 0.1) is 14.2 Å². The van der Waals surface area contributed by atoms with E-state index in [1.807, 2.05) is 18.2 Å². The Bertz CT molecular complexity index is 1350. The number of methoxy groups -OCH3 is 2. The molecule has 0 saturated carbocycles. The second-order valence-electron chi connectivity index (χ2n) is 10.5. The van der Waals surface area contributed by atoms with Gasteiger partial charge in [-0.15, -0.1) is 0 Å². The number of nitrogens with one attached hydrogen (secondary N) is 1. The van der Waals surface area contributed by atoms with Crippen LogP contribution >= 0.6 is 0 Å². The van der Waals surface area contributed by atoms with Crippen molar-refractivity contribution in [3.63, 3.8) is 0 Å². The monoisotopic (exact) mass is 521 g/mol. The molecule has 0 amide bonds. The van der Waals surface area contributed by atoms with E-state index in [0.717, 1.165) is 49.4 Å². The maximum Gasteiger partial charge on any atom is 0.120 e. The third kappa shape index (κ3) is 6.94. The molecule has 202 valence electrons. The van der Waals surface area contributed by atoms with Crippen molar-refractivity contribution in [2.45, 2.75) is 57.6 Å². The fourth-order valence-corrected chi connectivity index (χ4v) is 5.48. The molecule has 0 aromatic heterocycles. The van der Waals surface area contributed by atoms with Crippen molar-refractivity contribution in [2.75, 3.05) is 19.5 Å². The summed E-state index contributed by atoms with van der Waals surface area (Å²) in [6, 6.07) is 32.1. The Morgan fingerprint density at radius 2 is 1.49 bits per heavy atom. The topological polar surface area (TPSA) is 39.7 Å². The lowest BCUT2D eigenvalue weighted by atomic mass is 9.79. The molecule has 4 aromatic rings. The third-order valence-corrected chi connectivity index (χ3v) is 7.78. The lowest BCUT2D eigenvalue weighted by Crippen LogP contribution is -2.20. The van der Waals surface area contributed by atoms with E-state index in [4.69, 9.17) is 14.2 Å². The average Bonchev–Trinajstić information content (AvgIpc) is 2.99. The molecule has 1 N–H and O–H groups in total. The van der Waals surface area contributed by atoms with E-state index in [2.05, 4.69) is 85.0 Å². The van der Waals surface area contributed by atoms with E-state index in [0.29, 0.717) is 18.6 Å². The van der Waals surface area contributed by atoms with Gasteiger partial charge in [0.15, 0.2) is 0 Å². The van der Waals surface area contributed by atoms with E-state index in [9.17, 15) is 0 Å². The minimum Gasteiger partial charge on any atom is -0.497 e. The summed E-state index contributed by atoms with van der Waals surface area (Å²) in [4.78, 5) is 0. The van der Waals surface area contributed by atoms with Gasteiger partial charge in [-0.25, -0.2) is 0 Å². The highest BCUT2D eigenvalue weighted by Crippen LogP contribution is 2.39. The highest BCUT2D eigenvalue weighted by molar-refractivity contribution is 5.58. The predicted octanol–water partition coefficient (Wildman–Crippen LogP) is 7.99.